The van der Waals surface area contributed by atoms with Crippen LogP contribution in [0.15, 0.2) is 23.1 Å². The van der Waals surface area contributed by atoms with E-state index in [1.54, 1.807) is 19.1 Å². The second-order valence-electron chi connectivity index (χ2n) is 6.16. The average molecular weight is 297 g/mol. The maximum Gasteiger partial charge on any atom is 0.494 e. The minimum atomic E-state index is -3.70. The zero-order valence-electron chi connectivity index (χ0n) is 12.4. The van der Waals surface area contributed by atoms with E-state index in [0.717, 1.165) is 5.46 Å². The molecule has 0 aromatic heterocycles. The molecular formula is C13H20BNO4S. The van der Waals surface area contributed by atoms with Gasteiger partial charge in [0.05, 0.1) is 16.1 Å². The number of hydrogen-bond donors (Lipinski definition) is 1. The Morgan fingerprint density at radius 3 is 2.00 bits per heavy atom. The third-order valence-corrected chi connectivity index (χ3v) is 5.10. The molecule has 2 rings (SSSR count). The summed E-state index contributed by atoms with van der Waals surface area (Å²) in [5, 5.41) is 5.16. The van der Waals surface area contributed by atoms with Gasteiger partial charge in [0.2, 0.25) is 10.0 Å². The van der Waals surface area contributed by atoms with Crippen LogP contribution in [0.4, 0.5) is 0 Å². The normalized spacial score (nSPS) is 21.2. The van der Waals surface area contributed by atoms with Gasteiger partial charge in [0, 0.05) is 0 Å². The molecule has 2 N–H and O–H groups in total. The lowest BCUT2D eigenvalue weighted by atomic mass is 9.78. The van der Waals surface area contributed by atoms with E-state index in [4.69, 9.17) is 14.4 Å². The van der Waals surface area contributed by atoms with Gasteiger partial charge >= 0.3 is 7.12 Å². The van der Waals surface area contributed by atoms with E-state index in [9.17, 15) is 8.42 Å². The molecular weight excluding hydrogens is 277 g/mol. The lowest BCUT2D eigenvalue weighted by Crippen LogP contribution is -2.41. The minimum Gasteiger partial charge on any atom is -0.399 e. The van der Waals surface area contributed by atoms with Gasteiger partial charge in [-0.3, -0.25) is 0 Å². The predicted octanol–water partition coefficient (Wildman–Crippen LogP) is 0.942. The summed E-state index contributed by atoms with van der Waals surface area (Å²) >= 11 is 0. The molecule has 0 radical (unpaired) electrons. The first-order valence-corrected chi connectivity index (χ1v) is 7.98. The van der Waals surface area contributed by atoms with E-state index in [1.807, 2.05) is 27.7 Å². The van der Waals surface area contributed by atoms with Crippen LogP contribution in [-0.2, 0) is 19.3 Å². The topological polar surface area (TPSA) is 78.6 Å². The molecule has 20 heavy (non-hydrogen) atoms. The van der Waals surface area contributed by atoms with E-state index in [2.05, 4.69) is 0 Å². The second-order valence-corrected chi connectivity index (χ2v) is 7.69. The zero-order chi connectivity index (χ0) is 15.3. The number of rotatable bonds is 2. The van der Waals surface area contributed by atoms with Gasteiger partial charge in [-0.05, 0) is 51.7 Å². The third-order valence-electron chi connectivity index (χ3n) is 4.03. The van der Waals surface area contributed by atoms with Crippen LogP contribution in [-0.4, -0.2) is 26.7 Å². The largest absolute Gasteiger partial charge is 0.494 e. The van der Waals surface area contributed by atoms with Crippen molar-refractivity contribution >= 4 is 22.6 Å². The predicted molar refractivity (Wildman–Crippen MR) is 78.3 cm³/mol. The average Bonchev–Trinajstić information content (AvgIpc) is 2.46. The first kappa shape index (κ1) is 15.5. The fraction of sp³-hybridized carbons (Fsp3) is 0.538. The molecule has 0 amide bonds. The van der Waals surface area contributed by atoms with Crippen LogP contribution in [0.5, 0.6) is 0 Å². The van der Waals surface area contributed by atoms with Crippen LogP contribution < -0.4 is 10.6 Å². The van der Waals surface area contributed by atoms with E-state index in [-0.39, 0.29) is 4.90 Å². The molecule has 1 saturated heterocycles. The van der Waals surface area contributed by atoms with Crippen LogP contribution >= 0.6 is 0 Å². The molecule has 7 heteroatoms. The zero-order valence-corrected chi connectivity index (χ0v) is 13.2. The van der Waals surface area contributed by atoms with E-state index in [1.165, 1.54) is 6.07 Å². The van der Waals surface area contributed by atoms with Crippen molar-refractivity contribution in [1.29, 1.82) is 0 Å². The Bertz CT molecular complexity index is 624. The van der Waals surface area contributed by atoms with Crippen LogP contribution in [0.2, 0.25) is 0 Å². The Labute approximate surface area is 120 Å². The highest BCUT2D eigenvalue weighted by atomic mass is 32.2. The molecule has 0 atom stereocenters. The van der Waals surface area contributed by atoms with Gasteiger partial charge in [-0.1, -0.05) is 12.1 Å². The fourth-order valence-electron chi connectivity index (χ4n) is 2.12. The summed E-state index contributed by atoms with van der Waals surface area (Å²) in [6.07, 6.45) is 0. The molecule has 1 heterocycles. The summed E-state index contributed by atoms with van der Waals surface area (Å²) in [4.78, 5) is 0.123. The van der Waals surface area contributed by atoms with E-state index >= 15 is 0 Å². The number of aryl methyl sites for hydroxylation is 1. The molecule has 0 unspecified atom stereocenters. The van der Waals surface area contributed by atoms with Gasteiger partial charge in [-0.25, -0.2) is 13.6 Å². The van der Waals surface area contributed by atoms with Crippen molar-refractivity contribution in [3.8, 4) is 0 Å². The molecule has 110 valence electrons. The molecule has 1 fully saturated rings. The summed E-state index contributed by atoms with van der Waals surface area (Å²) in [5.74, 6) is 0. The summed E-state index contributed by atoms with van der Waals surface area (Å²) in [5.41, 5.74) is 0.516. The lowest BCUT2D eigenvalue weighted by molar-refractivity contribution is 0.00578. The third kappa shape index (κ3) is 2.63. The Hall–Kier alpha value is -0.885. The Morgan fingerprint density at radius 1 is 1.10 bits per heavy atom. The van der Waals surface area contributed by atoms with Crippen molar-refractivity contribution < 1.29 is 17.7 Å². The smallest absolute Gasteiger partial charge is 0.399 e. The quantitative estimate of drug-likeness (QED) is 0.824. The van der Waals surface area contributed by atoms with E-state index in [0.29, 0.717) is 5.56 Å². The standard InChI is InChI=1S/C13H20BNO4S/c1-9-8-10(6-7-11(9)20(15,16)17)14-18-12(2,3)13(4,5)19-14/h6-8H,1-5H3,(H2,15,16,17). The van der Waals surface area contributed by atoms with Gasteiger partial charge < -0.3 is 9.31 Å². The Kier molecular flexibility index (Phi) is 3.53. The fourth-order valence-corrected chi connectivity index (χ4v) is 2.88. The summed E-state index contributed by atoms with van der Waals surface area (Å²) < 4.78 is 34.7. The monoisotopic (exact) mass is 297 g/mol. The maximum absolute atomic E-state index is 11.4. The summed E-state index contributed by atoms with van der Waals surface area (Å²) in [6.45, 7) is 9.59. The van der Waals surface area contributed by atoms with Crippen LogP contribution in [0.1, 0.15) is 33.3 Å². The second kappa shape index (κ2) is 4.56. The maximum atomic E-state index is 11.4. The van der Waals surface area contributed by atoms with Crippen LogP contribution in [0.25, 0.3) is 0 Å². The van der Waals surface area contributed by atoms with Gasteiger partial charge in [-0.15, -0.1) is 0 Å². The molecule has 0 aliphatic carbocycles. The lowest BCUT2D eigenvalue weighted by Gasteiger charge is -2.32. The van der Waals surface area contributed by atoms with Gasteiger partial charge in [-0.2, -0.15) is 0 Å². The van der Waals surface area contributed by atoms with Crippen molar-refractivity contribution in [3.63, 3.8) is 0 Å². The molecule has 1 aliphatic rings. The minimum absolute atomic E-state index is 0.123. The van der Waals surface area contributed by atoms with Crippen molar-refractivity contribution in [2.24, 2.45) is 5.14 Å². The molecule has 1 aromatic rings. The Morgan fingerprint density at radius 2 is 1.60 bits per heavy atom. The summed E-state index contributed by atoms with van der Waals surface area (Å²) in [7, 11) is -4.21. The highest BCUT2D eigenvalue weighted by Gasteiger charge is 2.51. The first-order chi connectivity index (χ1) is 8.94. The molecule has 0 bridgehead atoms. The highest BCUT2D eigenvalue weighted by Crippen LogP contribution is 2.36. The molecule has 5 nitrogen and oxygen atoms in total. The van der Waals surface area contributed by atoms with Crippen LogP contribution in [0, 0.1) is 6.92 Å². The summed E-state index contributed by atoms with van der Waals surface area (Å²) in [6, 6.07) is 4.90. The van der Waals surface area contributed by atoms with Gasteiger partial charge in [0.25, 0.3) is 0 Å². The van der Waals surface area contributed by atoms with Crippen molar-refractivity contribution in [1.82, 2.24) is 0 Å². The number of primary sulfonamides is 1. The number of nitrogens with two attached hydrogens (primary N) is 1. The van der Waals surface area contributed by atoms with Crippen LogP contribution in [0.3, 0.4) is 0 Å². The first-order valence-electron chi connectivity index (χ1n) is 6.43. The van der Waals surface area contributed by atoms with Crippen molar-refractivity contribution in [3.05, 3.63) is 23.8 Å². The Balaban J connectivity index is 2.36. The van der Waals surface area contributed by atoms with Crippen molar-refractivity contribution in [2.75, 3.05) is 0 Å². The SMILES string of the molecule is Cc1cc(B2OC(C)(C)C(C)(C)O2)ccc1S(N)(=O)=O. The molecule has 0 saturated carbocycles. The molecule has 1 aliphatic heterocycles. The molecule has 0 spiro atoms. The molecule has 1 aromatic carbocycles. The highest BCUT2D eigenvalue weighted by molar-refractivity contribution is 7.89. The van der Waals surface area contributed by atoms with Gasteiger partial charge in [0.1, 0.15) is 0 Å². The van der Waals surface area contributed by atoms with Crippen molar-refractivity contribution in [2.45, 2.75) is 50.7 Å². The van der Waals surface area contributed by atoms with E-state index < -0.39 is 28.3 Å². The number of benzene rings is 1. The number of sulfonamides is 1. The van der Waals surface area contributed by atoms with Gasteiger partial charge in [0.15, 0.2) is 0 Å². The number of hydrogen-bond acceptors (Lipinski definition) is 4.